The molecule has 6 nitrogen and oxygen atoms in total. The predicted octanol–water partition coefficient (Wildman–Crippen LogP) is 0.580. The van der Waals surface area contributed by atoms with Crippen LogP contribution in [0, 0.1) is 18.3 Å². The van der Waals surface area contributed by atoms with Gasteiger partial charge in [-0.2, -0.15) is 5.26 Å². The number of hydrogen-bond acceptors (Lipinski definition) is 5. The number of sulfone groups is 1. The molecule has 0 heterocycles. The minimum atomic E-state index is -3.76. The van der Waals surface area contributed by atoms with E-state index in [0.29, 0.717) is 11.1 Å². The molecule has 0 radical (unpaired) electrons. The van der Waals surface area contributed by atoms with Gasteiger partial charge in [0.25, 0.3) is 0 Å². The minimum Gasteiger partial charge on any atom is -0.229 e. The Morgan fingerprint density at radius 3 is 2.40 bits per heavy atom. The first-order chi connectivity index (χ1) is 9.22. The average Bonchev–Trinajstić information content (AvgIpc) is 2.38. The van der Waals surface area contributed by atoms with Crippen LogP contribution >= 0.6 is 0 Å². The maximum Gasteiger partial charge on any atom is 0.240 e. The second kappa shape index (κ2) is 6.35. The van der Waals surface area contributed by atoms with Crippen molar-refractivity contribution in [1.82, 2.24) is 4.72 Å². The van der Waals surface area contributed by atoms with Crippen molar-refractivity contribution in [1.29, 1.82) is 5.26 Å². The molecule has 0 saturated heterocycles. The molecule has 1 aromatic carbocycles. The van der Waals surface area contributed by atoms with Crippen LogP contribution in [0.15, 0.2) is 23.1 Å². The molecule has 0 saturated carbocycles. The summed E-state index contributed by atoms with van der Waals surface area (Å²) in [5, 5.41) is 8.79. The Hall–Kier alpha value is -1.43. The second-order valence-corrected chi connectivity index (χ2v) is 8.46. The van der Waals surface area contributed by atoms with E-state index in [0.717, 1.165) is 0 Å². The summed E-state index contributed by atoms with van der Waals surface area (Å²) >= 11 is 0. The summed E-state index contributed by atoms with van der Waals surface area (Å²) in [6.45, 7) is 2.98. The highest BCUT2D eigenvalue weighted by Gasteiger charge is 2.16. The maximum atomic E-state index is 12.0. The molecule has 1 aromatic rings. The van der Waals surface area contributed by atoms with Crippen molar-refractivity contribution in [2.75, 3.05) is 18.1 Å². The van der Waals surface area contributed by atoms with E-state index in [1.54, 1.807) is 6.92 Å². The van der Waals surface area contributed by atoms with E-state index in [1.165, 1.54) is 25.1 Å². The Kier molecular flexibility index (Phi) is 5.28. The van der Waals surface area contributed by atoms with E-state index in [-0.39, 0.29) is 22.9 Å². The lowest BCUT2D eigenvalue weighted by Gasteiger charge is -2.08. The first-order valence-corrected chi connectivity index (χ1v) is 9.23. The third kappa shape index (κ3) is 4.30. The molecule has 0 atom stereocenters. The Bertz CT molecular complexity index is 731. The van der Waals surface area contributed by atoms with Gasteiger partial charge in [0.2, 0.25) is 10.0 Å². The monoisotopic (exact) mass is 316 g/mol. The SMILES string of the molecule is CCS(=O)(=O)CCNS(=O)(=O)c1ccc(C#N)c(C)c1. The van der Waals surface area contributed by atoms with E-state index in [4.69, 9.17) is 5.26 Å². The highest BCUT2D eigenvalue weighted by Crippen LogP contribution is 2.14. The van der Waals surface area contributed by atoms with Gasteiger partial charge in [-0.15, -0.1) is 0 Å². The molecule has 110 valence electrons. The van der Waals surface area contributed by atoms with Gasteiger partial charge < -0.3 is 0 Å². The summed E-state index contributed by atoms with van der Waals surface area (Å²) in [6, 6.07) is 6.08. The smallest absolute Gasteiger partial charge is 0.229 e. The van der Waals surface area contributed by atoms with Crippen molar-refractivity contribution in [3.05, 3.63) is 29.3 Å². The molecule has 0 aromatic heterocycles. The Balaban J connectivity index is 2.85. The number of sulfonamides is 1. The Morgan fingerprint density at radius 1 is 1.25 bits per heavy atom. The highest BCUT2D eigenvalue weighted by atomic mass is 32.2. The molecule has 0 aliphatic heterocycles. The van der Waals surface area contributed by atoms with E-state index in [9.17, 15) is 16.8 Å². The van der Waals surface area contributed by atoms with Gasteiger partial charge in [0, 0.05) is 12.3 Å². The van der Waals surface area contributed by atoms with Crippen molar-refractivity contribution < 1.29 is 16.8 Å². The second-order valence-electron chi connectivity index (χ2n) is 4.22. The topological polar surface area (TPSA) is 104 Å². The Labute approximate surface area is 119 Å². The van der Waals surface area contributed by atoms with Gasteiger partial charge in [-0.25, -0.2) is 21.6 Å². The number of nitriles is 1. The van der Waals surface area contributed by atoms with Crippen LogP contribution in [0.3, 0.4) is 0 Å². The molecular formula is C12H16N2O4S2. The van der Waals surface area contributed by atoms with E-state index in [2.05, 4.69) is 4.72 Å². The number of benzene rings is 1. The zero-order valence-corrected chi connectivity index (χ0v) is 12.9. The van der Waals surface area contributed by atoms with Crippen molar-refractivity contribution in [2.45, 2.75) is 18.7 Å². The van der Waals surface area contributed by atoms with Crippen LogP contribution in [0.25, 0.3) is 0 Å². The van der Waals surface area contributed by atoms with Gasteiger partial charge in [0.15, 0.2) is 9.84 Å². The molecule has 1 N–H and O–H groups in total. The third-order valence-electron chi connectivity index (χ3n) is 2.77. The van der Waals surface area contributed by atoms with Gasteiger partial charge in [-0.1, -0.05) is 6.92 Å². The van der Waals surface area contributed by atoms with Gasteiger partial charge in [0.1, 0.15) is 0 Å². The van der Waals surface area contributed by atoms with Crippen LogP contribution in [0.1, 0.15) is 18.1 Å². The van der Waals surface area contributed by atoms with Crippen molar-refractivity contribution in [2.24, 2.45) is 0 Å². The zero-order valence-electron chi connectivity index (χ0n) is 11.3. The van der Waals surface area contributed by atoms with Crippen LogP contribution in [-0.4, -0.2) is 34.9 Å². The van der Waals surface area contributed by atoms with E-state index in [1.807, 2.05) is 6.07 Å². The highest BCUT2D eigenvalue weighted by molar-refractivity contribution is 7.91. The van der Waals surface area contributed by atoms with Crippen LogP contribution < -0.4 is 4.72 Å². The Morgan fingerprint density at radius 2 is 1.90 bits per heavy atom. The maximum absolute atomic E-state index is 12.0. The molecule has 0 amide bonds. The molecular weight excluding hydrogens is 300 g/mol. The fourth-order valence-corrected chi connectivity index (χ4v) is 3.44. The van der Waals surface area contributed by atoms with Crippen molar-refractivity contribution in [3.63, 3.8) is 0 Å². The van der Waals surface area contributed by atoms with Crippen LogP contribution in [-0.2, 0) is 19.9 Å². The number of nitrogens with one attached hydrogen (secondary N) is 1. The summed E-state index contributed by atoms with van der Waals surface area (Å²) in [4.78, 5) is 0.0166. The molecule has 20 heavy (non-hydrogen) atoms. The first-order valence-electron chi connectivity index (χ1n) is 5.92. The molecule has 0 fully saturated rings. The molecule has 0 unspecified atom stereocenters. The fourth-order valence-electron chi connectivity index (χ4n) is 1.49. The largest absolute Gasteiger partial charge is 0.240 e. The van der Waals surface area contributed by atoms with E-state index >= 15 is 0 Å². The molecule has 0 aliphatic carbocycles. The summed E-state index contributed by atoms with van der Waals surface area (Å²) in [5.74, 6) is -0.261. The van der Waals surface area contributed by atoms with Crippen LogP contribution in [0.2, 0.25) is 0 Å². The fraction of sp³-hybridized carbons (Fsp3) is 0.417. The normalized spacial score (nSPS) is 12.1. The lowest BCUT2D eigenvalue weighted by atomic mass is 10.1. The standard InChI is InChI=1S/C12H16N2O4S2/c1-3-19(15,16)7-6-14-20(17,18)12-5-4-11(9-13)10(2)8-12/h4-5,8,14H,3,6-7H2,1-2H3. The van der Waals surface area contributed by atoms with Gasteiger partial charge in [-0.3, -0.25) is 0 Å². The summed E-state index contributed by atoms with van der Waals surface area (Å²) in [7, 11) is -6.98. The van der Waals surface area contributed by atoms with Gasteiger partial charge in [-0.05, 0) is 30.7 Å². The van der Waals surface area contributed by atoms with Gasteiger partial charge in [0.05, 0.1) is 22.3 Å². The average molecular weight is 316 g/mol. The quantitative estimate of drug-likeness (QED) is 0.826. The predicted molar refractivity (Wildman–Crippen MR) is 75.4 cm³/mol. The summed E-state index contributed by atoms with van der Waals surface area (Å²) in [5.41, 5.74) is 0.953. The van der Waals surface area contributed by atoms with Crippen LogP contribution in [0.5, 0.6) is 0 Å². The van der Waals surface area contributed by atoms with E-state index < -0.39 is 19.9 Å². The zero-order chi connectivity index (χ0) is 15.4. The van der Waals surface area contributed by atoms with Crippen molar-refractivity contribution >= 4 is 19.9 Å². The molecule has 8 heteroatoms. The van der Waals surface area contributed by atoms with Crippen LogP contribution in [0.4, 0.5) is 0 Å². The number of rotatable bonds is 6. The van der Waals surface area contributed by atoms with Gasteiger partial charge >= 0.3 is 0 Å². The molecule has 0 spiro atoms. The molecule has 0 aliphatic rings. The third-order valence-corrected chi connectivity index (χ3v) is 5.94. The number of nitrogens with zero attached hydrogens (tertiary/aromatic N) is 1. The number of aryl methyl sites for hydroxylation is 1. The number of hydrogen-bond donors (Lipinski definition) is 1. The lowest BCUT2D eigenvalue weighted by molar-refractivity contribution is 0.581. The molecule has 0 bridgehead atoms. The summed E-state index contributed by atoms with van der Waals surface area (Å²) in [6.07, 6.45) is 0. The molecule has 1 rings (SSSR count). The van der Waals surface area contributed by atoms with Crippen molar-refractivity contribution in [3.8, 4) is 6.07 Å². The summed E-state index contributed by atoms with van der Waals surface area (Å²) < 4.78 is 48.8. The first kappa shape index (κ1) is 16.6. The minimum absolute atomic E-state index is 0.0166. The lowest BCUT2D eigenvalue weighted by Crippen LogP contribution is -2.29.